The molecule has 0 spiro atoms. The number of anilines is 1. The minimum Gasteiger partial charge on any atom is -0.324 e. The highest BCUT2D eigenvalue weighted by atomic mass is 16.6. The molecule has 2 amide bonds. The number of nitro groups is 1. The number of aromatic nitrogens is 1. The third kappa shape index (κ3) is 3.28. The molecule has 118 valence electrons. The molecule has 2 heterocycles. The van der Waals surface area contributed by atoms with Crippen LogP contribution in [-0.4, -0.2) is 33.9 Å². The molecular formula is C16H16N4O3. The number of pyridine rings is 1. The van der Waals surface area contributed by atoms with Gasteiger partial charge in [-0.2, -0.15) is 0 Å². The Morgan fingerprint density at radius 1 is 1.17 bits per heavy atom. The molecule has 1 N–H and O–H groups in total. The van der Waals surface area contributed by atoms with Gasteiger partial charge in [-0.1, -0.05) is 24.3 Å². The Balaban J connectivity index is 1.72. The zero-order chi connectivity index (χ0) is 16.2. The fourth-order valence-corrected chi connectivity index (χ4v) is 2.70. The molecule has 3 rings (SSSR count). The molecule has 0 radical (unpaired) electrons. The first-order valence-corrected chi connectivity index (χ1v) is 7.36. The lowest BCUT2D eigenvalue weighted by atomic mass is 10.0. The van der Waals surface area contributed by atoms with Crippen LogP contribution in [0.2, 0.25) is 0 Å². The van der Waals surface area contributed by atoms with Gasteiger partial charge in [-0.25, -0.2) is 4.79 Å². The molecule has 0 saturated heterocycles. The van der Waals surface area contributed by atoms with E-state index < -0.39 is 4.92 Å². The number of nitrogens with one attached hydrogen (secondary N) is 1. The molecule has 0 aliphatic carbocycles. The largest absolute Gasteiger partial charge is 0.324 e. The SMILES string of the molecule is O=C(Nc1ccncc1[N+](=O)[O-])N1CCc2ccccc2CC1. The first kappa shape index (κ1) is 15.0. The second-order valence-electron chi connectivity index (χ2n) is 5.34. The first-order valence-electron chi connectivity index (χ1n) is 7.36. The van der Waals surface area contributed by atoms with Gasteiger partial charge in [0, 0.05) is 19.3 Å². The van der Waals surface area contributed by atoms with Crippen LogP contribution in [0.4, 0.5) is 16.2 Å². The Labute approximate surface area is 133 Å². The summed E-state index contributed by atoms with van der Waals surface area (Å²) in [6, 6.07) is 9.24. The summed E-state index contributed by atoms with van der Waals surface area (Å²) in [6.45, 7) is 1.17. The van der Waals surface area contributed by atoms with Crippen LogP contribution in [0.15, 0.2) is 42.7 Å². The van der Waals surface area contributed by atoms with E-state index in [1.807, 2.05) is 12.1 Å². The standard InChI is InChI=1S/C16H16N4O3/c21-16(18-14-5-8-17-11-15(14)20(22)23)19-9-6-12-3-1-2-4-13(12)7-10-19/h1-5,8,11H,6-7,9-10H2,(H,17,18,21). The highest BCUT2D eigenvalue weighted by Gasteiger charge is 2.21. The van der Waals surface area contributed by atoms with Crippen LogP contribution in [0.1, 0.15) is 11.1 Å². The Kier molecular flexibility index (Phi) is 4.18. The van der Waals surface area contributed by atoms with Crippen molar-refractivity contribution in [3.63, 3.8) is 0 Å². The summed E-state index contributed by atoms with van der Waals surface area (Å²) in [7, 11) is 0. The van der Waals surface area contributed by atoms with Gasteiger partial charge in [-0.3, -0.25) is 15.1 Å². The van der Waals surface area contributed by atoms with E-state index in [-0.39, 0.29) is 17.4 Å². The normalized spacial score (nSPS) is 13.8. The van der Waals surface area contributed by atoms with Crippen molar-refractivity contribution in [3.05, 3.63) is 64.0 Å². The topological polar surface area (TPSA) is 88.4 Å². The van der Waals surface area contributed by atoms with E-state index in [0.29, 0.717) is 13.1 Å². The molecule has 23 heavy (non-hydrogen) atoms. The average Bonchev–Trinajstić information content (AvgIpc) is 2.78. The van der Waals surface area contributed by atoms with Gasteiger partial charge in [-0.05, 0) is 30.0 Å². The number of carbonyl (C=O) groups excluding carboxylic acids is 1. The Morgan fingerprint density at radius 2 is 1.83 bits per heavy atom. The second-order valence-corrected chi connectivity index (χ2v) is 5.34. The molecule has 1 aromatic heterocycles. The zero-order valence-electron chi connectivity index (χ0n) is 12.4. The third-order valence-electron chi connectivity index (χ3n) is 3.95. The monoisotopic (exact) mass is 312 g/mol. The summed E-state index contributed by atoms with van der Waals surface area (Å²) >= 11 is 0. The molecule has 1 aromatic carbocycles. The lowest BCUT2D eigenvalue weighted by Gasteiger charge is -2.20. The summed E-state index contributed by atoms with van der Waals surface area (Å²) < 4.78 is 0. The number of urea groups is 1. The molecule has 7 heteroatoms. The predicted molar refractivity (Wildman–Crippen MR) is 85.3 cm³/mol. The second kappa shape index (κ2) is 6.43. The molecule has 1 aliphatic heterocycles. The van der Waals surface area contributed by atoms with Gasteiger partial charge in [0.2, 0.25) is 0 Å². The van der Waals surface area contributed by atoms with Crippen LogP contribution in [0.3, 0.4) is 0 Å². The summed E-state index contributed by atoms with van der Waals surface area (Å²) in [4.78, 5) is 28.3. The molecule has 0 atom stereocenters. The number of benzene rings is 1. The fourth-order valence-electron chi connectivity index (χ4n) is 2.70. The van der Waals surface area contributed by atoms with E-state index in [1.165, 1.54) is 23.4 Å². The number of fused-ring (bicyclic) bond motifs is 1. The van der Waals surface area contributed by atoms with Crippen LogP contribution < -0.4 is 5.32 Å². The van der Waals surface area contributed by atoms with Gasteiger partial charge in [0.05, 0.1) is 4.92 Å². The number of nitrogens with zero attached hydrogens (tertiary/aromatic N) is 3. The molecule has 0 bridgehead atoms. The molecule has 0 fully saturated rings. The lowest BCUT2D eigenvalue weighted by molar-refractivity contribution is -0.384. The summed E-state index contributed by atoms with van der Waals surface area (Å²) in [5, 5.41) is 13.6. The molecule has 7 nitrogen and oxygen atoms in total. The Bertz CT molecular complexity index is 721. The fraction of sp³-hybridized carbons (Fsp3) is 0.250. The van der Waals surface area contributed by atoms with Crippen LogP contribution in [0, 0.1) is 10.1 Å². The van der Waals surface area contributed by atoms with E-state index in [2.05, 4.69) is 22.4 Å². The Morgan fingerprint density at radius 3 is 2.43 bits per heavy atom. The lowest BCUT2D eigenvalue weighted by Crippen LogP contribution is -2.36. The van der Waals surface area contributed by atoms with Crippen molar-refractivity contribution in [2.45, 2.75) is 12.8 Å². The maximum absolute atomic E-state index is 12.4. The van der Waals surface area contributed by atoms with Crippen LogP contribution in [-0.2, 0) is 12.8 Å². The smallest absolute Gasteiger partial charge is 0.322 e. The molecule has 1 aliphatic rings. The third-order valence-corrected chi connectivity index (χ3v) is 3.95. The van der Waals surface area contributed by atoms with E-state index in [1.54, 1.807) is 4.90 Å². The number of hydrogen-bond acceptors (Lipinski definition) is 4. The summed E-state index contributed by atoms with van der Waals surface area (Å²) in [5.74, 6) is 0. The Hall–Kier alpha value is -2.96. The maximum atomic E-state index is 12.4. The average molecular weight is 312 g/mol. The maximum Gasteiger partial charge on any atom is 0.322 e. The first-order chi connectivity index (χ1) is 11.1. The van der Waals surface area contributed by atoms with Crippen molar-refractivity contribution < 1.29 is 9.72 Å². The van der Waals surface area contributed by atoms with Gasteiger partial charge >= 0.3 is 11.7 Å². The van der Waals surface area contributed by atoms with Crippen molar-refractivity contribution in [2.24, 2.45) is 0 Å². The highest BCUT2D eigenvalue weighted by molar-refractivity contribution is 5.91. The number of rotatable bonds is 2. The summed E-state index contributed by atoms with van der Waals surface area (Å²) in [5.41, 5.74) is 2.45. The summed E-state index contributed by atoms with van der Waals surface area (Å²) in [6.07, 6.45) is 4.11. The van der Waals surface area contributed by atoms with E-state index in [4.69, 9.17) is 0 Å². The van der Waals surface area contributed by atoms with Crippen LogP contribution in [0.5, 0.6) is 0 Å². The number of amides is 2. The van der Waals surface area contributed by atoms with Gasteiger partial charge in [0.15, 0.2) is 0 Å². The molecular weight excluding hydrogens is 296 g/mol. The number of hydrogen-bond donors (Lipinski definition) is 1. The van der Waals surface area contributed by atoms with Gasteiger partial charge in [0.1, 0.15) is 11.9 Å². The molecule has 0 unspecified atom stereocenters. The number of carbonyl (C=O) groups is 1. The van der Waals surface area contributed by atoms with Gasteiger partial charge in [0.25, 0.3) is 0 Å². The van der Waals surface area contributed by atoms with Crippen LogP contribution in [0.25, 0.3) is 0 Å². The van der Waals surface area contributed by atoms with Crippen molar-refractivity contribution in [1.29, 1.82) is 0 Å². The van der Waals surface area contributed by atoms with Crippen molar-refractivity contribution in [2.75, 3.05) is 18.4 Å². The van der Waals surface area contributed by atoms with Crippen molar-refractivity contribution >= 4 is 17.4 Å². The zero-order valence-corrected chi connectivity index (χ0v) is 12.4. The van der Waals surface area contributed by atoms with Crippen molar-refractivity contribution in [3.8, 4) is 0 Å². The van der Waals surface area contributed by atoms with E-state index >= 15 is 0 Å². The van der Waals surface area contributed by atoms with Crippen molar-refractivity contribution in [1.82, 2.24) is 9.88 Å². The quantitative estimate of drug-likeness (QED) is 0.682. The minimum atomic E-state index is -0.555. The van der Waals surface area contributed by atoms with Crippen LogP contribution >= 0.6 is 0 Å². The van der Waals surface area contributed by atoms with Gasteiger partial charge < -0.3 is 10.2 Å². The molecule has 0 saturated carbocycles. The van der Waals surface area contributed by atoms with E-state index in [9.17, 15) is 14.9 Å². The van der Waals surface area contributed by atoms with E-state index in [0.717, 1.165) is 19.0 Å². The molecule has 2 aromatic rings. The minimum absolute atomic E-state index is 0.164. The predicted octanol–water partition coefficient (Wildman–Crippen LogP) is 2.62. The van der Waals surface area contributed by atoms with Gasteiger partial charge in [-0.15, -0.1) is 0 Å². The highest BCUT2D eigenvalue weighted by Crippen LogP contribution is 2.23.